The Balaban J connectivity index is 1.37. The molecule has 0 N–H and O–H groups in total. The summed E-state index contributed by atoms with van der Waals surface area (Å²) in [5, 5.41) is 0. The van der Waals surface area contributed by atoms with Crippen LogP contribution in [-0.2, 0) is 0 Å². The fourth-order valence-electron chi connectivity index (χ4n) is 5.78. The molecular formula is C22H34N2O2. The summed E-state index contributed by atoms with van der Waals surface area (Å²) in [6.07, 6.45) is 8.19. The average Bonchev–Trinajstić information content (AvgIpc) is 3.07. The van der Waals surface area contributed by atoms with Crippen molar-refractivity contribution < 1.29 is 9.21 Å². The zero-order valence-electron chi connectivity index (χ0n) is 16.9. The van der Waals surface area contributed by atoms with Gasteiger partial charge in [0.05, 0.1) is 11.8 Å². The molecule has 1 aromatic heterocycles. The largest absolute Gasteiger partial charge is 0.469 e. The molecule has 4 heteroatoms. The van der Waals surface area contributed by atoms with Crippen molar-refractivity contribution in [3.63, 3.8) is 0 Å². The summed E-state index contributed by atoms with van der Waals surface area (Å²) in [5.74, 6) is 2.81. The summed E-state index contributed by atoms with van der Waals surface area (Å²) in [6, 6.07) is 0.329. The second kappa shape index (κ2) is 6.70. The van der Waals surface area contributed by atoms with Crippen molar-refractivity contribution in [2.75, 3.05) is 26.2 Å². The number of carbonyl (C=O) groups excluding carboxylic acids is 1. The lowest BCUT2D eigenvalue weighted by Gasteiger charge is -2.43. The quantitative estimate of drug-likeness (QED) is 0.810. The van der Waals surface area contributed by atoms with E-state index in [9.17, 15) is 4.79 Å². The van der Waals surface area contributed by atoms with E-state index in [4.69, 9.17) is 4.42 Å². The number of nitrogens with zero attached hydrogens (tertiary/aromatic N) is 2. The van der Waals surface area contributed by atoms with E-state index in [1.165, 1.54) is 45.3 Å². The molecule has 1 aliphatic carbocycles. The Labute approximate surface area is 157 Å². The Hall–Kier alpha value is -1.29. The van der Waals surface area contributed by atoms with Crippen LogP contribution in [0, 0.1) is 31.1 Å². The van der Waals surface area contributed by atoms with Crippen LogP contribution in [0.1, 0.15) is 67.6 Å². The highest BCUT2D eigenvalue weighted by Gasteiger charge is 2.46. The predicted molar refractivity (Wildman–Crippen MR) is 103 cm³/mol. The molecule has 2 saturated heterocycles. The van der Waals surface area contributed by atoms with Crippen LogP contribution in [0.25, 0.3) is 0 Å². The molecule has 0 aromatic carbocycles. The van der Waals surface area contributed by atoms with Gasteiger partial charge in [0.25, 0.3) is 5.91 Å². The summed E-state index contributed by atoms with van der Waals surface area (Å²) >= 11 is 0. The summed E-state index contributed by atoms with van der Waals surface area (Å²) in [6.45, 7) is 13.1. The van der Waals surface area contributed by atoms with Gasteiger partial charge >= 0.3 is 0 Å². The maximum absolute atomic E-state index is 13.1. The molecule has 2 aliphatic heterocycles. The van der Waals surface area contributed by atoms with Crippen LogP contribution in [0.5, 0.6) is 0 Å². The standard InChI is InChI=1S/C22H34N2O2/c1-15-9-19(10-15)12-23-7-5-22(6-8-23)11-17(3)24(14-22)21(25)20-16(2)13-26-18(20)4/h13,15,17,19H,5-12,14H2,1-4H3. The van der Waals surface area contributed by atoms with E-state index < -0.39 is 0 Å². The maximum atomic E-state index is 13.1. The highest BCUT2D eigenvalue weighted by molar-refractivity contribution is 5.97. The summed E-state index contributed by atoms with van der Waals surface area (Å²) in [7, 11) is 0. The van der Waals surface area contributed by atoms with Crippen LogP contribution in [0.2, 0.25) is 0 Å². The average molecular weight is 359 g/mol. The number of furan rings is 1. The van der Waals surface area contributed by atoms with Crippen LogP contribution < -0.4 is 0 Å². The smallest absolute Gasteiger partial charge is 0.257 e. The van der Waals surface area contributed by atoms with Crippen molar-refractivity contribution in [2.24, 2.45) is 17.3 Å². The third-order valence-electron chi connectivity index (χ3n) is 7.30. The number of hydrogen-bond donors (Lipinski definition) is 0. The molecule has 4 rings (SSSR count). The second-order valence-electron chi connectivity index (χ2n) is 9.58. The van der Waals surface area contributed by atoms with Gasteiger partial charge in [-0.15, -0.1) is 0 Å². The molecule has 0 bridgehead atoms. The fraction of sp³-hybridized carbons (Fsp3) is 0.773. The van der Waals surface area contributed by atoms with E-state index in [0.717, 1.165) is 41.7 Å². The van der Waals surface area contributed by atoms with Gasteiger partial charge in [-0.1, -0.05) is 6.92 Å². The van der Waals surface area contributed by atoms with Gasteiger partial charge in [-0.2, -0.15) is 0 Å². The van der Waals surface area contributed by atoms with Gasteiger partial charge in [0.15, 0.2) is 0 Å². The Morgan fingerprint density at radius 3 is 2.50 bits per heavy atom. The van der Waals surface area contributed by atoms with Crippen molar-refractivity contribution in [3.8, 4) is 0 Å². The highest BCUT2D eigenvalue weighted by atomic mass is 16.3. The van der Waals surface area contributed by atoms with Gasteiger partial charge < -0.3 is 14.2 Å². The van der Waals surface area contributed by atoms with Gasteiger partial charge in [-0.3, -0.25) is 4.79 Å². The van der Waals surface area contributed by atoms with E-state index in [0.29, 0.717) is 11.5 Å². The lowest BCUT2D eigenvalue weighted by atomic mass is 9.74. The van der Waals surface area contributed by atoms with Gasteiger partial charge in [0.2, 0.25) is 0 Å². The van der Waals surface area contributed by atoms with Crippen molar-refractivity contribution >= 4 is 5.91 Å². The molecule has 3 heterocycles. The molecule has 4 nitrogen and oxygen atoms in total. The first kappa shape index (κ1) is 18.1. The van der Waals surface area contributed by atoms with E-state index in [2.05, 4.69) is 23.6 Å². The van der Waals surface area contributed by atoms with Crippen molar-refractivity contribution in [3.05, 3.63) is 23.2 Å². The summed E-state index contributed by atoms with van der Waals surface area (Å²) in [5.41, 5.74) is 2.08. The Morgan fingerprint density at radius 2 is 1.92 bits per heavy atom. The van der Waals surface area contributed by atoms with Crippen molar-refractivity contribution in [2.45, 2.75) is 65.8 Å². The van der Waals surface area contributed by atoms with Gasteiger partial charge in [0, 0.05) is 24.7 Å². The molecule has 1 amide bonds. The monoisotopic (exact) mass is 358 g/mol. The molecule has 1 spiro atoms. The number of rotatable bonds is 3. The number of piperidine rings is 1. The van der Waals surface area contributed by atoms with Crippen LogP contribution in [-0.4, -0.2) is 47.9 Å². The lowest BCUT2D eigenvalue weighted by Crippen LogP contribution is -2.45. The summed E-state index contributed by atoms with van der Waals surface area (Å²) in [4.78, 5) is 17.9. The normalized spacial score (nSPS) is 31.4. The Bertz CT molecular complexity index is 646. The third-order valence-corrected chi connectivity index (χ3v) is 7.30. The molecule has 1 unspecified atom stereocenters. The zero-order valence-corrected chi connectivity index (χ0v) is 16.9. The summed E-state index contributed by atoms with van der Waals surface area (Å²) < 4.78 is 5.47. The highest BCUT2D eigenvalue weighted by Crippen LogP contribution is 2.44. The maximum Gasteiger partial charge on any atom is 0.257 e. The molecule has 1 saturated carbocycles. The van der Waals surface area contributed by atoms with Crippen molar-refractivity contribution in [1.29, 1.82) is 0 Å². The molecule has 3 aliphatic rings. The first-order valence-corrected chi connectivity index (χ1v) is 10.4. The van der Waals surface area contributed by atoms with Crippen LogP contribution in [0.4, 0.5) is 0 Å². The lowest BCUT2D eigenvalue weighted by molar-refractivity contribution is 0.0609. The van der Waals surface area contributed by atoms with Crippen LogP contribution in [0.15, 0.2) is 10.7 Å². The first-order valence-electron chi connectivity index (χ1n) is 10.4. The molecule has 0 radical (unpaired) electrons. The van der Waals surface area contributed by atoms with Gasteiger partial charge in [-0.05, 0) is 83.2 Å². The molecule has 1 atom stereocenters. The second-order valence-corrected chi connectivity index (χ2v) is 9.58. The molecule has 3 fully saturated rings. The minimum Gasteiger partial charge on any atom is -0.469 e. The minimum absolute atomic E-state index is 0.170. The Kier molecular flexibility index (Phi) is 4.66. The van der Waals surface area contributed by atoms with Crippen molar-refractivity contribution in [1.82, 2.24) is 9.80 Å². The number of carbonyl (C=O) groups is 1. The number of amides is 1. The molecular weight excluding hydrogens is 324 g/mol. The van der Waals surface area contributed by atoms with E-state index >= 15 is 0 Å². The van der Waals surface area contributed by atoms with Crippen LogP contribution >= 0.6 is 0 Å². The molecule has 26 heavy (non-hydrogen) atoms. The predicted octanol–water partition coefficient (Wildman–Crippen LogP) is 4.26. The SMILES string of the molecule is Cc1coc(C)c1C(=O)N1CC2(CCN(CC3CC(C)C3)CC2)CC1C. The van der Waals surface area contributed by atoms with Crippen LogP contribution in [0.3, 0.4) is 0 Å². The number of hydrogen-bond acceptors (Lipinski definition) is 3. The topological polar surface area (TPSA) is 36.7 Å². The van der Waals surface area contributed by atoms with E-state index in [-0.39, 0.29) is 5.91 Å². The minimum atomic E-state index is 0.170. The number of likely N-dealkylation sites (tertiary alicyclic amines) is 2. The number of aryl methyl sites for hydroxylation is 2. The first-order chi connectivity index (χ1) is 12.4. The van der Waals surface area contributed by atoms with Gasteiger partial charge in [-0.25, -0.2) is 0 Å². The molecule has 1 aromatic rings. The third kappa shape index (κ3) is 3.21. The van der Waals surface area contributed by atoms with E-state index in [1.54, 1.807) is 6.26 Å². The Morgan fingerprint density at radius 1 is 1.23 bits per heavy atom. The fourth-order valence-corrected chi connectivity index (χ4v) is 5.78. The molecule has 144 valence electrons. The zero-order chi connectivity index (χ0) is 18.5. The van der Waals surface area contributed by atoms with Gasteiger partial charge in [0.1, 0.15) is 5.76 Å². The van der Waals surface area contributed by atoms with E-state index in [1.807, 2.05) is 13.8 Å².